The highest BCUT2D eigenvalue weighted by Gasteiger charge is 2.11. The Morgan fingerprint density at radius 1 is 1.32 bits per heavy atom. The maximum atomic E-state index is 9.41. The van der Waals surface area contributed by atoms with Crippen LogP contribution in [0, 0.1) is 4.77 Å². The summed E-state index contributed by atoms with van der Waals surface area (Å²) in [5.41, 5.74) is 1.17. The molecule has 1 aromatic carbocycles. The number of rotatable bonds is 7. The van der Waals surface area contributed by atoms with Gasteiger partial charge in [0.15, 0.2) is 10.6 Å². The smallest absolute Gasteiger partial charge is 0.199 e. The van der Waals surface area contributed by atoms with Crippen LogP contribution in [-0.4, -0.2) is 31.4 Å². The van der Waals surface area contributed by atoms with Crippen LogP contribution in [0.15, 0.2) is 24.3 Å². The van der Waals surface area contributed by atoms with E-state index < -0.39 is 0 Å². The van der Waals surface area contributed by atoms with Crippen LogP contribution in [0.2, 0.25) is 5.02 Å². The van der Waals surface area contributed by atoms with Crippen molar-refractivity contribution in [2.75, 3.05) is 7.05 Å². The summed E-state index contributed by atoms with van der Waals surface area (Å²) in [4.78, 5) is 2.11. The van der Waals surface area contributed by atoms with E-state index in [1.165, 1.54) is 5.56 Å². The van der Waals surface area contributed by atoms with Crippen molar-refractivity contribution in [1.29, 1.82) is 0 Å². The third-order valence-electron chi connectivity index (χ3n) is 3.33. The number of aromatic nitrogens is 3. The second-order valence-corrected chi connectivity index (χ2v) is 6.09. The minimum Gasteiger partial charge on any atom is -0.388 e. The molecule has 1 N–H and O–H groups in total. The molecule has 0 aliphatic carbocycles. The third-order valence-corrected chi connectivity index (χ3v) is 4.01. The van der Waals surface area contributed by atoms with Gasteiger partial charge in [0.2, 0.25) is 0 Å². The molecule has 0 unspecified atom stereocenters. The standard InChI is InChI=1S/C15H21ClN4OS/c1-3-8-19-14(10-21)17-20(15(19)22)11-18(2)9-12-4-6-13(16)7-5-12/h4-7,21H,3,8-11H2,1-2H3. The molecule has 2 rings (SSSR count). The van der Waals surface area contributed by atoms with Gasteiger partial charge in [0.05, 0.1) is 6.67 Å². The maximum absolute atomic E-state index is 9.41. The molecule has 1 heterocycles. The first-order chi connectivity index (χ1) is 10.5. The quantitative estimate of drug-likeness (QED) is 0.787. The van der Waals surface area contributed by atoms with E-state index in [2.05, 4.69) is 16.9 Å². The number of aliphatic hydroxyl groups is 1. The predicted octanol–water partition coefficient (Wildman–Crippen LogP) is 3.06. The summed E-state index contributed by atoms with van der Waals surface area (Å²) in [5, 5.41) is 14.5. The van der Waals surface area contributed by atoms with Crippen LogP contribution in [0.5, 0.6) is 0 Å². The van der Waals surface area contributed by atoms with Gasteiger partial charge in [0.1, 0.15) is 6.61 Å². The Kier molecular flexibility index (Phi) is 6.14. The molecule has 0 aliphatic rings. The highest BCUT2D eigenvalue weighted by Crippen LogP contribution is 2.11. The lowest BCUT2D eigenvalue weighted by Crippen LogP contribution is -2.22. The number of halogens is 1. The van der Waals surface area contributed by atoms with E-state index in [0.29, 0.717) is 17.3 Å². The first kappa shape index (κ1) is 17.1. The van der Waals surface area contributed by atoms with Crippen molar-refractivity contribution >= 4 is 23.8 Å². The van der Waals surface area contributed by atoms with Gasteiger partial charge < -0.3 is 9.67 Å². The van der Waals surface area contributed by atoms with E-state index in [1.807, 2.05) is 35.9 Å². The minimum atomic E-state index is -0.0997. The number of aliphatic hydroxyl groups excluding tert-OH is 1. The third kappa shape index (κ3) is 4.16. The zero-order chi connectivity index (χ0) is 16.1. The molecule has 0 amide bonds. The van der Waals surface area contributed by atoms with Crippen molar-refractivity contribution in [1.82, 2.24) is 19.2 Å². The van der Waals surface area contributed by atoms with E-state index >= 15 is 0 Å². The zero-order valence-electron chi connectivity index (χ0n) is 12.9. The highest BCUT2D eigenvalue weighted by atomic mass is 35.5. The number of nitrogens with zero attached hydrogens (tertiary/aromatic N) is 4. The average molecular weight is 341 g/mol. The van der Waals surface area contributed by atoms with Gasteiger partial charge in [-0.05, 0) is 43.4 Å². The summed E-state index contributed by atoms with van der Waals surface area (Å²) < 4.78 is 4.30. The molecule has 7 heteroatoms. The van der Waals surface area contributed by atoms with Gasteiger partial charge in [-0.3, -0.25) is 4.90 Å². The Morgan fingerprint density at radius 2 is 2.00 bits per heavy atom. The Morgan fingerprint density at radius 3 is 2.59 bits per heavy atom. The van der Waals surface area contributed by atoms with Crippen LogP contribution in [0.1, 0.15) is 24.7 Å². The lowest BCUT2D eigenvalue weighted by atomic mass is 10.2. The minimum absolute atomic E-state index is 0.0997. The topological polar surface area (TPSA) is 46.2 Å². The summed E-state index contributed by atoms with van der Waals surface area (Å²) in [6.45, 7) is 4.10. The lowest BCUT2D eigenvalue weighted by molar-refractivity contribution is 0.238. The van der Waals surface area contributed by atoms with Crippen molar-refractivity contribution in [3.63, 3.8) is 0 Å². The van der Waals surface area contributed by atoms with Crippen molar-refractivity contribution in [2.45, 2.75) is 39.7 Å². The van der Waals surface area contributed by atoms with Crippen LogP contribution in [-0.2, 0) is 26.4 Å². The van der Waals surface area contributed by atoms with Crippen molar-refractivity contribution in [3.05, 3.63) is 45.4 Å². The molecule has 0 aliphatic heterocycles. The van der Waals surface area contributed by atoms with E-state index in [9.17, 15) is 5.11 Å². The molecule has 120 valence electrons. The van der Waals surface area contributed by atoms with Crippen molar-refractivity contribution < 1.29 is 5.11 Å². The SMILES string of the molecule is CCCn1c(CO)nn(CN(C)Cc2ccc(Cl)cc2)c1=S. The maximum Gasteiger partial charge on any atom is 0.199 e. The molecular weight excluding hydrogens is 320 g/mol. The van der Waals surface area contributed by atoms with Crippen molar-refractivity contribution in [3.8, 4) is 0 Å². The molecule has 0 spiro atoms. The van der Waals surface area contributed by atoms with Gasteiger partial charge >= 0.3 is 0 Å². The molecule has 0 atom stereocenters. The summed E-state index contributed by atoms with van der Waals surface area (Å²) in [6, 6.07) is 7.78. The fourth-order valence-electron chi connectivity index (χ4n) is 2.32. The Bertz CT molecular complexity index is 665. The van der Waals surface area contributed by atoms with Gasteiger partial charge in [-0.2, -0.15) is 5.10 Å². The van der Waals surface area contributed by atoms with Crippen molar-refractivity contribution in [2.24, 2.45) is 0 Å². The summed E-state index contributed by atoms with van der Waals surface area (Å²) in [7, 11) is 2.01. The summed E-state index contributed by atoms with van der Waals surface area (Å²) in [5.74, 6) is 0.617. The summed E-state index contributed by atoms with van der Waals surface area (Å²) >= 11 is 11.3. The Hall–Kier alpha value is -1.21. The van der Waals surface area contributed by atoms with Crippen LogP contribution in [0.25, 0.3) is 0 Å². The van der Waals surface area contributed by atoms with E-state index in [0.717, 1.165) is 24.5 Å². The molecule has 0 bridgehead atoms. The van der Waals surface area contributed by atoms with E-state index in [-0.39, 0.29) is 6.61 Å². The zero-order valence-corrected chi connectivity index (χ0v) is 14.4. The molecule has 0 fully saturated rings. The van der Waals surface area contributed by atoms with Crippen LogP contribution in [0.4, 0.5) is 0 Å². The van der Waals surface area contributed by atoms with E-state index in [4.69, 9.17) is 23.8 Å². The second kappa shape index (κ2) is 7.87. The predicted molar refractivity (Wildman–Crippen MR) is 90.2 cm³/mol. The normalized spacial score (nSPS) is 11.3. The number of benzene rings is 1. The van der Waals surface area contributed by atoms with Crippen LogP contribution in [0.3, 0.4) is 0 Å². The molecular formula is C15H21ClN4OS. The average Bonchev–Trinajstić information content (AvgIpc) is 2.79. The number of hydrogen-bond donors (Lipinski definition) is 1. The first-order valence-corrected chi connectivity index (χ1v) is 8.04. The van der Waals surface area contributed by atoms with Gasteiger partial charge in [0, 0.05) is 18.1 Å². The highest BCUT2D eigenvalue weighted by molar-refractivity contribution is 7.71. The van der Waals surface area contributed by atoms with Gasteiger partial charge in [-0.1, -0.05) is 30.7 Å². The molecule has 0 radical (unpaired) electrons. The van der Waals surface area contributed by atoms with Crippen LogP contribution < -0.4 is 0 Å². The molecule has 2 aromatic rings. The second-order valence-electron chi connectivity index (χ2n) is 5.29. The lowest BCUT2D eigenvalue weighted by Gasteiger charge is -2.16. The summed E-state index contributed by atoms with van der Waals surface area (Å²) in [6.07, 6.45) is 0.952. The Balaban J connectivity index is 2.09. The van der Waals surface area contributed by atoms with Gasteiger partial charge in [-0.15, -0.1) is 0 Å². The molecule has 5 nitrogen and oxygen atoms in total. The molecule has 0 saturated heterocycles. The Labute approximate surface area is 140 Å². The molecule has 22 heavy (non-hydrogen) atoms. The number of hydrogen-bond acceptors (Lipinski definition) is 4. The monoisotopic (exact) mass is 340 g/mol. The first-order valence-electron chi connectivity index (χ1n) is 7.25. The van der Waals surface area contributed by atoms with E-state index in [1.54, 1.807) is 4.68 Å². The molecule has 0 saturated carbocycles. The molecule has 1 aromatic heterocycles. The fraction of sp³-hybridized carbons (Fsp3) is 0.467. The fourth-order valence-corrected chi connectivity index (χ4v) is 2.74. The van der Waals surface area contributed by atoms with Crippen LogP contribution >= 0.6 is 23.8 Å². The van der Waals surface area contributed by atoms with Gasteiger partial charge in [-0.25, -0.2) is 4.68 Å². The van der Waals surface area contributed by atoms with Gasteiger partial charge in [0.25, 0.3) is 0 Å². The largest absolute Gasteiger partial charge is 0.388 e.